The molecule has 0 saturated heterocycles. The molecule has 3 aromatic heterocycles. The van der Waals surface area contributed by atoms with E-state index in [0.717, 1.165) is 17.1 Å². The van der Waals surface area contributed by atoms with E-state index in [1.165, 1.54) is 4.68 Å². The number of furan rings is 1. The Bertz CT molecular complexity index is 1370. The molecular formula is C23H23N5O4. The molecule has 0 fully saturated rings. The lowest BCUT2D eigenvalue weighted by Gasteiger charge is -2.11. The Kier molecular flexibility index (Phi) is 5.63. The molecular weight excluding hydrogens is 410 g/mol. The molecule has 0 saturated carbocycles. The van der Waals surface area contributed by atoms with E-state index < -0.39 is 11.8 Å². The van der Waals surface area contributed by atoms with Gasteiger partial charge in [-0.2, -0.15) is 5.10 Å². The smallest absolute Gasteiger partial charge is 0.290 e. The van der Waals surface area contributed by atoms with Crippen LogP contribution >= 0.6 is 0 Å². The van der Waals surface area contributed by atoms with Crippen molar-refractivity contribution in [3.63, 3.8) is 0 Å². The Hall–Kier alpha value is -4.14. The SMILES string of the molecule is CCn1nc(C(=O)NNC(=O)c2cc(C)n(Cc3ccco3)c2C)c2ccccc2c1=O. The molecule has 0 atom stereocenters. The number of rotatable bonds is 5. The number of amides is 2. The van der Waals surface area contributed by atoms with Crippen molar-refractivity contribution in [2.75, 3.05) is 0 Å². The lowest BCUT2D eigenvalue weighted by atomic mass is 10.1. The summed E-state index contributed by atoms with van der Waals surface area (Å²) in [5, 5.41) is 4.99. The van der Waals surface area contributed by atoms with Gasteiger partial charge in [0.15, 0.2) is 5.69 Å². The summed E-state index contributed by atoms with van der Waals surface area (Å²) in [5.41, 5.74) is 6.73. The van der Waals surface area contributed by atoms with E-state index in [1.54, 1.807) is 43.5 Å². The number of nitrogens with one attached hydrogen (secondary N) is 2. The summed E-state index contributed by atoms with van der Waals surface area (Å²) in [5.74, 6) is -0.289. The summed E-state index contributed by atoms with van der Waals surface area (Å²) < 4.78 is 8.58. The number of carbonyl (C=O) groups excluding carboxylic acids is 2. The number of aryl methyl sites for hydroxylation is 2. The predicted molar refractivity (Wildman–Crippen MR) is 118 cm³/mol. The number of fused-ring (bicyclic) bond motifs is 1. The fourth-order valence-corrected chi connectivity index (χ4v) is 3.69. The number of hydrazine groups is 1. The molecule has 4 rings (SSSR count). The molecule has 2 N–H and O–H groups in total. The van der Waals surface area contributed by atoms with Gasteiger partial charge in [0.25, 0.3) is 17.4 Å². The van der Waals surface area contributed by atoms with Crippen molar-refractivity contribution in [1.29, 1.82) is 0 Å². The summed E-state index contributed by atoms with van der Waals surface area (Å²) >= 11 is 0. The highest BCUT2D eigenvalue weighted by atomic mass is 16.3. The third-order valence-electron chi connectivity index (χ3n) is 5.38. The fraction of sp³-hybridized carbons (Fsp3) is 0.217. The summed E-state index contributed by atoms with van der Waals surface area (Å²) in [4.78, 5) is 38.1. The highest BCUT2D eigenvalue weighted by Gasteiger charge is 2.20. The first-order chi connectivity index (χ1) is 15.4. The number of hydrogen-bond donors (Lipinski definition) is 2. The van der Waals surface area contributed by atoms with Crippen molar-refractivity contribution in [3.8, 4) is 0 Å². The monoisotopic (exact) mass is 433 g/mol. The van der Waals surface area contributed by atoms with Gasteiger partial charge in [-0.05, 0) is 45.0 Å². The molecule has 4 aromatic rings. The van der Waals surface area contributed by atoms with Gasteiger partial charge in [-0.25, -0.2) is 4.68 Å². The molecule has 164 valence electrons. The number of nitrogens with zero attached hydrogens (tertiary/aromatic N) is 3. The Labute approximate surface area is 183 Å². The van der Waals surface area contributed by atoms with Crippen molar-refractivity contribution in [1.82, 2.24) is 25.2 Å². The maximum Gasteiger partial charge on any atom is 0.290 e. The van der Waals surface area contributed by atoms with Gasteiger partial charge in [-0.15, -0.1) is 0 Å². The van der Waals surface area contributed by atoms with Gasteiger partial charge in [0.1, 0.15) is 5.76 Å². The third kappa shape index (κ3) is 3.80. The molecule has 2 amide bonds. The van der Waals surface area contributed by atoms with Crippen LogP contribution in [0, 0.1) is 13.8 Å². The molecule has 9 heteroatoms. The standard InChI is InChI=1S/C23H23N5O4/c1-4-28-23(31)18-10-6-5-9-17(18)20(26-28)22(30)25-24-21(29)19-12-14(2)27(15(19)3)13-16-8-7-11-32-16/h5-12H,4,13H2,1-3H3,(H,24,29)(H,25,30). The molecule has 0 unspecified atom stereocenters. The molecule has 3 heterocycles. The second kappa shape index (κ2) is 8.54. The predicted octanol–water partition coefficient (Wildman–Crippen LogP) is 2.55. The van der Waals surface area contributed by atoms with Gasteiger partial charge in [0, 0.05) is 23.3 Å². The van der Waals surface area contributed by atoms with Crippen molar-refractivity contribution >= 4 is 22.6 Å². The zero-order chi connectivity index (χ0) is 22.8. The van der Waals surface area contributed by atoms with Gasteiger partial charge in [0.2, 0.25) is 0 Å². The Morgan fingerprint density at radius 2 is 1.75 bits per heavy atom. The molecule has 0 aliphatic carbocycles. The van der Waals surface area contributed by atoms with Crippen LogP contribution in [0.5, 0.6) is 0 Å². The normalized spacial score (nSPS) is 11.0. The highest BCUT2D eigenvalue weighted by molar-refractivity contribution is 6.06. The molecule has 32 heavy (non-hydrogen) atoms. The quantitative estimate of drug-likeness (QED) is 0.470. The summed E-state index contributed by atoms with van der Waals surface area (Å²) in [6, 6.07) is 12.2. The van der Waals surface area contributed by atoms with E-state index in [0.29, 0.717) is 29.4 Å². The number of benzene rings is 1. The van der Waals surface area contributed by atoms with Crippen molar-refractivity contribution in [3.05, 3.63) is 87.5 Å². The minimum absolute atomic E-state index is 0.0608. The van der Waals surface area contributed by atoms with Gasteiger partial charge in [-0.3, -0.25) is 25.2 Å². The van der Waals surface area contributed by atoms with Gasteiger partial charge < -0.3 is 8.98 Å². The first kappa shape index (κ1) is 21.1. The highest BCUT2D eigenvalue weighted by Crippen LogP contribution is 2.17. The lowest BCUT2D eigenvalue weighted by Crippen LogP contribution is -2.43. The average molecular weight is 433 g/mol. The summed E-state index contributed by atoms with van der Waals surface area (Å²) in [7, 11) is 0. The Balaban J connectivity index is 1.55. The fourth-order valence-electron chi connectivity index (χ4n) is 3.69. The van der Waals surface area contributed by atoms with Crippen molar-refractivity contribution in [2.45, 2.75) is 33.9 Å². The van der Waals surface area contributed by atoms with Crippen LogP contribution in [-0.2, 0) is 13.1 Å². The molecule has 0 radical (unpaired) electrons. The number of aromatic nitrogens is 3. The van der Waals surface area contributed by atoms with Crippen LogP contribution < -0.4 is 16.4 Å². The van der Waals surface area contributed by atoms with Crippen LogP contribution in [0.4, 0.5) is 0 Å². The number of carbonyl (C=O) groups is 2. The van der Waals surface area contributed by atoms with E-state index in [2.05, 4.69) is 16.0 Å². The van der Waals surface area contributed by atoms with Gasteiger partial charge in [-0.1, -0.05) is 18.2 Å². The molecule has 1 aromatic carbocycles. The minimum Gasteiger partial charge on any atom is -0.467 e. The summed E-state index contributed by atoms with van der Waals surface area (Å²) in [6.07, 6.45) is 1.60. The molecule has 0 bridgehead atoms. The lowest BCUT2D eigenvalue weighted by molar-refractivity contribution is 0.0843. The topological polar surface area (TPSA) is 111 Å². The average Bonchev–Trinajstić information content (AvgIpc) is 3.41. The van der Waals surface area contributed by atoms with Crippen LogP contribution in [0.25, 0.3) is 10.8 Å². The van der Waals surface area contributed by atoms with Crippen molar-refractivity contribution < 1.29 is 14.0 Å². The maximum atomic E-state index is 12.8. The van der Waals surface area contributed by atoms with Crippen LogP contribution in [0.3, 0.4) is 0 Å². The molecule has 0 aliphatic heterocycles. The van der Waals surface area contributed by atoms with E-state index in [4.69, 9.17) is 4.42 Å². The Morgan fingerprint density at radius 3 is 2.44 bits per heavy atom. The summed E-state index contributed by atoms with van der Waals surface area (Å²) in [6.45, 7) is 6.32. The van der Waals surface area contributed by atoms with E-state index in [1.807, 2.05) is 30.5 Å². The van der Waals surface area contributed by atoms with Crippen molar-refractivity contribution in [2.24, 2.45) is 0 Å². The maximum absolute atomic E-state index is 12.8. The van der Waals surface area contributed by atoms with Gasteiger partial charge in [0.05, 0.1) is 23.8 Å². The minimum atomic E-state index is -0.610. The second-order valence-corrected chi connectivity index (χ2v) is 7.37. The third-order valence-corrected chi connectivity index (χ3v) is 5.38. The van der Waals surface area contributed by atoms with E-state index >= 15 is 0 Å². The first-order valence-electron chi connectivity index (χ1n) is 10.2. The van der Waals surface area contributed by atoms with E-state index in [-0.39, 0.29) is 11.3 Å². The van der Waals surface area contributed by atoms with Crippen LogP contribution in [0.1, 0.15) is 44.9 Å². The van der Waals surface area contributed by atoms with Gasteiger partial charge >= 0.3 is 0 Å². The largest absolute Gasteiger partial charge is 0.467 e. The van der Waals surface area contributed by atoms with Crippen LogP contribution in [0.2, 0.25) is 0 Å². The first-order valence-corrected chi connectivity index (χ1v) is 10.2. The van der Waals surface area contributed by atoms with Crippen LogP contribution in [-0.4, -0.2) is 26.2 Å². The van der Waals surface area contributed by atoms with E-state index in [9.17, 15) is 14.4 Å². The molecule has 0 spiro atoms. The zero-order valence-corrected chi connectivity index (χ0v) is 18.0. The zero-order valence-electron chi connectivity index (χ0n) is 18.0. The Morgan fingerprint density at radius 1 is 1.03 bits per heavy atom. The van der Waals surface area contributed by atoms with Crippen LogP contribution in [0.15, 0.2) is 57.9 Å². The number of hydrogen-bond acceptors (Lipinski definition) is 5. The second-order valence-electron chi connectivity index (χ2n) is 7.37. The molecule has 0 aliphatic rings. The molecule has 9 nitrogen and oxygen atoms in total.